The number of nitrogens with one attached hydrogen (secondary N) is 1. The average Bonchev–Trinajstić information content (AvgIpc) is 2.58. The molecule has 1 aromatic carbocycles. The summed E-state index contributed by atoms with van der Waals surface area (Å²) in [4.78, 5) is 27.9. The highest BCUT2D eigenvalue weighted by molar-refractivity contribution is 6.06. The molecule has 0 bridgehead atoms. The van der Waals surface area contributed by atoms with Crippen LogP contribution in [0.2, 0.25) is 0 Å². The summed E-state index contributed by atoms with van der Waals surface area (Å²) in [5, 5.41) is 12.7. The third-order valence-corrected chi connectivity index (χ3v) is 3.20. The zero-order valence-electron chi connectivity index (χ0n) is 13.0. The van der Waals surface area contributed by atoms with Crippen molar-refractivity contribution in [3.63, 3.8) is 0 Å². The summed E-state index contributed by atoms with van der Waals surface area (Å²) < 4.78 is 9.71. The van der Waals surface area contributed by atoms with Crippen molar-refractivity contribution >= 4 is 28.5 Å². The van der Waals surface area contributed by atoms with Gasteiger partial charge in [0.25, 0.3) is 0 Å². The molecule has 2 aromatic rings. The Labute approximate surface area is 133 Å². The zero-order chi connectivity index (χ0) is 16.8. The number of ether oxygens (including phenoxy) is 2. The molecule has 7 heteroatoms. The molecule has 0 spiro atoms. The Morgan fingerprint density at radius 2 is 2.09 bits per heavy atom. The number of fused-ring (bicyclic) bond motifs is 1. The molecule has 1 aromatic heterocycles. The van der Waals surface area contributed by atoms with Gasteiger partial charge in [0.15, 0.2) is 0 Å². The average molecular weight is 318 g/mol. The summed E-state index contributed by atoms with van der Waals surface area (Å²) in [6.07, 6.45) is 1.39. The summed E-state index contributed by atoms with van der Waals surface area (Å²) in [5.74, 6) is -0.965. The molecule has 2 N–H and O–H groups in total. The fraction of sp³-hybridized carbons (Fsp3) is 0.312. The van der Waals surface area contributed by atoms with Crippen LogP contribution in [0, 0.1) is 0 Å². The first-order valence-corrected chi connectivity index (χ1v) is 7.15. The summed E-state index contributed by atoms with van der Waals surface area (Å²) in [7, 11) is 1.30. The van der Waals surface area contributed by atoms with Crippen LogP contribution in [0.1, 0.15) is 27.6 Å². The van der Waals surface area contributed by atoms with Crippen molar-refractivity contribution < 1.29 is 24.2 Å². The van der Waals surface area contributed by atoms with Crippen molar-refractivity contribution in [1.29, 1.82) is 0 Å². The number of aliphatic hydroxyl groups is 1. The second-order valence-electron chi connectivity index (χ2n) is 4.64. The molecule has 0 unspecified atom stereocenters. The van der Waals surface area contributed by atoms with Gasteiger partial charge in [-0.15, -0.1) is 0 Å². The van der Waals surface area contributed by atoms with E-state index in [9.17, 15) is 9.59 Å². The molecular formula is C16H18N2O5. The third-order valence-electron chi connectivity index (χ3n) is 3.20. The molecule has 122 valence electrons. The number of aromatic nitrogens is 1. The monoisotopic (exact) mass is 318 g/mol. The third kappa shape index (κ3) is 3.57. The molecule has 0 aliphatic heterocycles. The SMILES string of the molecule is CCOC(=O)c1cnc2cc(C(=O)OC)ccc2c1NCCO. The van der Waals surface area contributed by atoms with E-state index in [1.165, 1.54) is 13.3 Å². The van der Waals surface area contributed by atoms with Crippen molar-refractivity contribution in [2.45, 2.75) is 6.92 Å². The van der Waals surface area contributed by atoms with Gasteiger partial charge < -0.3 is 19.9 Å². The number of carbonyl (C=O) groups is 2. The first kappa shape index (κ1) is 16.7. The first-order valence-electron chi connectivity index (χ1n) is 7.15. The maximum absolute atomic E-state index is 12.1. The van der Waals surface area contributed by atoms with Gasteiger partial charge in [-0.3, -0.25) is 4.98 Å². The highest BCUT2D eigenvalue weighted by Crippen LogP contribution is 2.27. The molecule has 0 aliphatic carbocycles. The lowest BCUT2D eigenvalue weighted by Gasteiger charge is -2.13. The molecule has 0 atom stereocenters. The van der Waals surface area contributed by atoms with E-state index in [1.807, 2.05) is 0 Å². The molecule has 0 aliphatic rings. The van der Waals surface area contributed by atoms with E-state index in [0.29, 0.717) is 22.2 Å². The fourth-order valence-electron chi connectivity index (χ4n) is 2.17. The summed E-state index contributed by atoms with van der Waals surface area (Å²) in [6, 6.07) is 4.85. The number of carbonyl (C=O) groups excluding carboxylic acids is 2. The molecule has 0 radical (unpaired) electrons. The first-order chi connectivity index (χ1) is 11.1. The zero-order valence-corrected chi connectivity index (χ0v) is 13.0. The smallest absolute Gasteiger partial charge is 0.341 e. The number of aliphatic hydroxyl groups excluding tert-OH is 1. The lowest BCUT2D eigenvalue weighted by Crippen LogP contribution is -2.13. The molecule has 1 heterocycles. The second kappa shape index (κ2) is 7.55. The Hall–Kier alpha value is -2.67. The van der Waals surface area contributed by atoms with E-state index in [-0.39, 0.29) is 25.3 Å². The van der Waals surface area contributed by atoms with Crippen LogP contribution in [0.25, 0.3) is 10.9 Å². The Balaban J connectivity index is 2.56. The van der Waals surface area contributed by atoms with Crippen molar-refractivity contribution in [1.82, 2.24) is 4.98 Å². The minimum absolute atomic E-state index is 0.0909. The lowest BCUT2D eigenvalue weighted by atomic mass is 10.1. The molecule has 23 heavy (non-hydrogen) atoms. The largest absolute Gasteiger partial charge is 0.465 e. The fourth-order valence-corrected chi connectivity index (χ4v) is 2.17. The van der Waals surface area contributed by atoms with Gasteiger partial charge in [-0.25, -0.2) is 9.59 Å². The second-order valence-corrected chi connectivity index (χ2v) is 4.64. The van der Waals surface area contributed by atoms with Crippen LogP contribution in [-0.2, 0) is 9.47 Å². The molecule has 0 amide bonds. The van der Waals surface area contributed by atoms with E-state index >= 15 is 0 Å². The normalized spacial score (nSPS) is 10.4. The van der Waals surface area contributed by atoms with Crippen LogP contribution >= 0.6 is 0 Å². The van der Waals surface area contributed by atoms with Crippen LogP contribution in [-0.4, -0.2) is 48.9 Å². The quantitative estimate of drug-likeness (QED) is 0.781. The minimum atomic E-state index is -0.501. The van der Waals surface area contributed by atoms with E-state index in [2.05, 4.69) is 15.0 Å². The van der Waals surface area contributed by atoms with Gasteiger partial charge in [0.1, 0.15) is 5.56 Å². The standard InChI is InChI=1S/C16H18N2O5/c1-3-23-16(21)12-9-18-13-8-10(15(20)22-2)4-5-11(13)14(12)17-6-7-19/h4-5,8-9,19H,3,6-7H2,1-2H3,(H,17,18). The molecule has 0 saturated carbocycles. The van der Waals surface area contributed by atoms with E-state index in [4.69, 9.17) is 9.84 Å². The van der Waals surface area contributed by atoms with Gasteiger partial charge in [-0.05, 0) is 25.1 Å². The van der Waals surface area contributed by atoms with Crippen molar-refractivity contribution in [2.24, 2.45) is 0 Å². The minimum Gasteiger partial charge on any atom is -0.465 e. The number of esters is 2. The Morgan fingerprint density at radius 3 is 2.74 bits per heavy atom. The Kier molecular flexibility index (Phi) is 5.48. The van der Waals surface area contributed by atoms with Gasteiger partial charge in [-0.1, -0.05) is 0 Å². The van der Waals surface area contributed by atoms with Gasteiger partial charge in [0.05, 0.1) is 37.1 Å². The van der Waals surface area contributed by atoms with Crippen molar-refractivity contribution in [3.05, 3.63) is 35.5 Å². The van der Waals surface area contributed by atoms with Gasteiger partial charge in [0.2, 0.25) is 0 Å². The number of hydrogen-bond acceptors (Lipinski definition) is 7. The molecule has 2 rings (SSSR count). The number of pyridine rings is 1. The van der Waals surface area contributed by atoms with Crippen LogP contribution in [0.3, 0.4) is 0 Å². The van der Waals surface area contributed by atoms with Crippen molar-refractivity contribution in [2.75, 3.05) is 32.2 Å². The van der Waals surface area contributed by atoms with Crippen molar-refractivity contribution in [3.8, 4) is 0 Å². The van der Waals surface area contributed by atoms with E-state index in [0.717, 1.165) is 0 Å². The predicted octanol–water partition coefficient (Wildman–Crippen LogP) is 1.60. The highest BCUT2D eigenvalue weighted by Gasteiger charge is 2.17. The number of rotatable bonds is 6. The van der Waals surface area contributed by atoms with Crippen LogP contribution in [0.4, 0.5) is 5.69 Å². The van der Waals surface area contributed by atoms with Gasteiger partial charge in [0, 0.05) is 18.1 Å². The van der Waals surface area contributed by atoms with Crippen LogP contribution < -0.4 is 5.32 Å². The maximum atomic E-state index is 12.1. The molecule has 0 fully saturated rings. The molecule has 0 saturated heterocycles. The molecular weight excluding hydrogens is 300 g/mol. The van der Waals surface area contributed by atoms with E-state index in [1.54, 1.807) is 25.1 Å². The van der Waals surface area contributed by atoms with Crippen LogP contribution in [0.15, 0.2) is 24.4 Å². The number of methoxy groups -OCH3 is 1. The topological polar surface area (TPSA) is 97.8 Å². The van der Waals surface area contributed by atoms with Gasteiger partial charge >= 0.3 is 11.9 Å². The molecule has 7 nitrogen and oxygen atoms in total. The van der Waals surface area contributed by atoms with Crippen LogP contribution in [0.5, 0.6) is 0 Å². The summed E-state index contributed by atoms with van der Waals surface area (Å²) >= 11 is 0. The Bertz CT molecular complexity index is 730. The van der Waals surface area contributed by atoms with E-state index < -0.39 is 11.9 Å². The number of benzene rings is 1. The number of anilines is 1. The highest BCUT2D eigenvalue weighted by atomic mass is 16.5. The number of hydrogen-bond donors (Lipinski definition) is 2. The lowest BCUT2D eigenvalue weighted by molar-refractivity contribution is 0.0526. The summed E-state index contributed by atoms with van der Waals surface area (Å²) in [5.41, 5.74) is 1.68. The van der Waals surface area contributed by atoms with Gasteiger partial charge in [-0.2, -0.15) is 0 Å². The maximum Gasteiger partial charge on any atom is 0.341 e. The summed E-state index contributed by atoms with van der Waals surface area (Å²) in [6.45, 7) is 2.14. The number of nitrogens with zero attached hydrogens (tertiary/aromatic N) is 1. The Morgan fingerprint density at radius 1 is 1.30 bits per heavy atom. The predicted molar refractivity (Wildman–Crippen MR) is 84.6 cm³/mol.